The van der Waals surface area contributed by atoms with Gasteiger partial charge >= 0.3 is 0 Å². The van der Waals surface area contributed by atoms with Gasteiger partial charge in [-0.3, -0.25) is 4.79 Å². The lowest BCUT2D eigenvalue weighted by atomic mass is 10.2. The fraction of sp³-hybridized carbons (Fsp3) is 0.222. The minimum absolute atomic E-state index is 0.259. The van der Waals surface area contributed by atoms with Crippen LogP contribution in [0, 0.1) is 11.3 Å². The van der Waals surface area contributed by atoms with E-state index in [1.54, 1.807) is 0 Å². The summed E-state index contributed by atoms with van der Waals surface area (Å²) in [6.07, 6.45) is -2.90. The van der Waals surface area contributed by atoms with Crippen LogP contribution in [0.25, 0.3) is 0 Å². The number of halogens is 3. The molecule has 0 radical (unpaired) electrons. The molecule has 0 saturated heterocycles. The van der Waals surface area contributed by atoms with Crippen LogP contribution >= 0.6 is 11.6 Å². The van der Waals surface area contributed by atoms with Crippen LogP contribution in [0.2, 0.25) is 0 Å². The summed E-state index contributed by atoms with van der Waals surface area (Å²) in [5, 5.41) is 7.67. The van der Waals surface area contributed by atoms with E-state index in [1.165, 1.54) is 6.07 Å². The zero-order chi connectivity index (χ0) is 12.3. The monoisotopic (exact) mass is 246 g/mol. The Morgan fingerprint density at radius 2 is 2.31 bits per heavy atom. The molecule has 84 valence electrons. The molecular formula is C9H5ClF2N2O2. The van der Waals surface area contributed by atoms with E-state index in [1.807, 2.05) is 0 Å². The Morgan fingerprint density at radius 1 is 1.69 bits per heavy atom. The van der Waals surface area contributed by atoms with Gasteiger partial charge in [0.2, 0.25) is 0 Å². The maximum atomic E-state index is 12.5. The second-order valence-corrected chi connectivity index (χ2v) is 3.00. The molecule has 16 heavy (non-hydrogen) atoms. The van der Waals surface area contributed by atoms with Crippen molar-refractivity contribution in [3.05, 3.63) is 23.0 Å². The lowest BCUT2D eigenvalue weighted by Crippen LogP contribution is -2.04. The van der Waals surface area contributed by atoms with Crippen LogP contribution in [0.3, 0.4) is 0 Å². The molecule has 0 atom stereocenters. The smallest absolute Gasteiger partial charge is 0.284 e. The zero-order valence-corrected chi connectivity index (χ0v) is 8.76. The third-order valence-electron chi connectivity index (χ3n) is 1.76. The standard InChI is InChI=1S/C9H5ClF2N2O2/c1-16-6-2-4(8(10)15)5(3-13)14-7(6)9(11)12/h2,9H,1H3. The molecule has 0 amide bonds. The van der Waals surface area contributed by atoms with Crippen LogP contribution in [0.4, 0.5) is 8.78 Å². The van der Waals surface area contributed by atoms with Gasteiger partial charge in [-0.25, -0.2) is 13.8 Å². The molecule has 0 spiro atoms. The lowest BCUT2D eigenvalue weighted by molar-refractivity contribution is 0.107. The summed E-state index contributed by atoms with van der Waals surface area (Å²) in [4.78, 5) is 14.2. The third-order valence-corrected chi connectivity index (χ3v) is 1.96. The fourth-order valence-electron chi connectivity index (χ4n) is 1.06. The Labute approximate surface area is 94.4 Å². The summed E-state index contributed by atoms with van der Waals surface area (Å²) in [6, 6.07) is 2.49. The van der Waals surface area contributed by atoms with Crippen LogP contribution in [0.1, 0.15) is 28.2 Å². The number of nitrogens with zero attached hydrogens (tertiary/aromatic N) is 2. The number of pyridine rings is 1. The number of aromatic nitrogens is 1. The molecule has 0 aromatic carbocycles. The maximum Gasteiger partial charge on any atom is 0.284 e. The number of hydrogen-bond acceptors (Lipinski definition) is 4. The normalized spacial score (nSPS) is 10.0. The predicted molar refractivity (Wildman–Crippen MR) is 50.6 cm³/mol. The summed E-state index contributed by atoms with van der Waals surface area (Å²) in [5.41, 5.74) is -1.40. The quantitative estimate of drug-likeness (QED) is 0.768. The van der Waals surface area contributed by atoms with Gasteiger partial charge in [-0.2, -0.15) is 5.26 Å². The molecule has 0 N–H and O–H groups in total. The first-order valence-corrected chi connectivity index (χ1v) is 4.36. The Hall–Kier alpha value is -1.74. The first-order valence-electron chi connectivity index (χ1n) is 3.98. The SMILES string of the molecule is COc1cc(C(=O)Cl)c(C#N)nc1C(F)F. The van der Waals surface area contributed by atoms with E-state index in [0.29, 0.717) is 0 Å². The van der Waals surface area contributed by atoms with Crippen LogP contribution < -0.4 is 4.74 Å². The number of ether oxygens (including phenoxy) is 1. The van der Waals surface area contributed by atoms with Crippen LogP contribution in [0.15, 0.2) is 6.07 Å². The highest BCUT2D eigenvalue weighted by Crippen LogP contribution is 2.29. The molecule has 4 nitrogen and oxygen atoms in total. The Kier molecular flexibility index (Phi) is 3.74. The van der Waals surface area contributed by atoms with Crippen molar-refractivity contribution in [3.63, 3.8) is 0 Å². The van der Waals surface area contributed by atoms with Crippen molar-refractivity contribution in [2.24, 2.45) is 0 Å². The van der Waals surface area contributed by atoms with Crippen molar-refractivity contribution in [2.45, 2.75) is 6.43 Å². The molecule has 7 heteroatoms. The van der Waals surface area contributed by atoms with E-state index in [9.17, 15) is 13.6 Å². The molecule has 0 aliphatic carbocycles. The van der Waals surface area contributed by atoms with Gasteiger partial charge in [-0.05, 0) is 17.7 Å². The summed E-state index contributed by atoms with van der Waals surface area (Å²) >= 11 is 5.17. The number of methoxy groups -OCH3 is 1. The average Bonchev–Trinajstić information content (AvgIpc) is 2.26. The van der Waals surface area contributed by atoms with Gasteiger partial charge in [0, 0.05) is 0 Å². The van der Waals surface area contributed by atoms with E-state index >= 15 is 0 Å². The molecule has 0 saturated carbocycles. The van der Waals surface area contributed by atoms with Gasteiger partial charge in [0.1, 0.15) is 17.5 Å². The van der Waals surface area contributed by atoms with E-state index in [4.69, 9.17) is 16.9 Å². The molecule has 1 rings (SSSR count). The number of alkyl halides is 2. The van der Waals surface area contributed by atoms with Crippen molar-refractivity contribution in [1.82, 2.24) is 4.98 Å². The van der Waals surface area contributed by atoms with E-state index in [-0.39, 0.29) is 11.3 Å². The first kappa shape index (κ1) is 12.3. The minimum atomic E-state index is -2.90. The highest BCUT2D eigenvalue weighted by molar-refractivity contribution is 6.68. The highest BCUT2D eigenvalue weighted by Gasteiger charge is 2.21. The molecule has 0 fully saturated rings. The van der Waals surface area contributed by atoms with Crippen LogP contribution in [-0.4, -0.2) is 17.3 Å². The van der Waals surface area contributed by atoms with Gasteiger partial charge in [0.05, 0.1) is 12.7 Å². The van der Waals surface area contributed by atoms with Gasteiger partial charge in [-0.15, -0.1) is 0 Å². The molecule has 1 aromatic rings. The van der Waals surface area contributed by atoms with Gasteiger partial charge in [0.15, 0.2) is 5.69 Å². The van der Waals surface area contributed by atoms with E-state index < -0.39 is 23.1 Å². The van der Waals surface area contributed by atoms with Crippen molar-refractivity contribution < 1.29 is 18.3 Å². The first-order chi connectivity index (χ1) is 7.51. The second kappa shape index (κ2) is 4.86. The summed E-state index contributed by atoms with van der Waals surface area (Å²) < 4.78 is 29.6. The van der Waals surface area contributed by atoms with Crippen molar-refractivity contribution in [3.8, 4) is 11.8 Å². The fourth-order valence-corrected chi connectivity index (χ4v) is 1.21. The van der Waals surface area contributed by atoms with Gasteiger partial charge < -0.3 is 4.74 Å². The molecule has 0 unspecified atom stereocenters. The lowest BCUT2D eigenvalue weighted by Gasteiger charge is -2.08. The third kappa shape index (κ3) is 2.25. The Morgan fingerprint density at radius 3 is 2.69 bits per heavy atom. The van der Waals surface area contributed by atoms with Crippen LogP contribution in [-0.2, 0) is 0 Å². The molecule has 0 aliphatic rings. The maximum absolute atomic E-state index is 12.5. The number of nitriles is 1. The minimum Gasteiger partial charge on any atom is -0.495 e. The van der Waals surface area contributed by atoms with Gasteiger partial charge in [-0.1, -0.05) is 0 Å². The number of carbonyl (C=O) groups excluding carboxylic acids is 1. The molecule has 0 bridgehead atoms. The predicted octanol–water partition coefficient (Wildman–Crippen LogP) is 2.28. The second-order valence-electron chi connectivity index (χ2n) is 2.66. The highest BCUT2D eigenvalue weighted by atomic mass is 35.5. The van der Waals surface area contributed by atoms with Crippen molar-refractivity contribution in [2.75, 3.05) is 7.11 Å². The summed E-state index contributed by atoms with van der Waals surface area (Å²) in [5.74, 6) is -0.280. The molecule has 0 aliphatic heterocycles. The van der Waals surface area contributed by atoms with E-state index in [2.05, 4.69) is 9.72 Å². The Bertz CT molecular complexity index is 471. The van der Waals surface area contributed by atoms with Crippen molar-refractivity contribution >= 4 is 16.8 Å². The van der Waals surface area contributed by atoms with Crippen molar-refractivity contribution in [1.29, 1.82) is 5.26 Å². The molecule has 1 heterocycles. The van der Waals surface area contributed by atoms with Gasteiger partial charge in [0.25, 0.3) is 11.7 Å². The molecular weight excluding hydrogens is 242 g/mol. The molecule has 1 aromatic heterocycles. The summed E-state index contributed by atoms with van der Waals surface area (Å²) in [6.45, 7) is 0. The summed E-state index contributed by atoms with van der Waals surface area (Å²) in [7, 11) is 1.15. The number of hydrogen-bond donors (Lipinski definition) is 0. The van der Waals surface area contributed by atoms with E-state index in [0.717, 1.165) is 13.2 Å². The number of rotatable bonds is 3. The number of carbonyl (C=O) groups is 1. The average molecular weight is 247 g/mol. The Balaban J connectivity index is 3.48. The zero-order valence-electron chi connectivity index (χ0n) is 8.00. The van der Waals surface area contributed by atoms with Crippen LogP contribution in [0.5, 0.6) is 5.75 Å². The largest absolute Gasteiger partial charge is 0.495 e. The topological polar surface area (TPSA) is 63.0 Å².